The maximum absolute atomic E-state index is 4.59. The zero-order valence-electron chi connectivity index (χ0n) is 10.1. The molecule has 1 aromatic rings. The number of aromatic nitrogens is 2. The third kappa shape index (κ3) is 3.17. The van der Waals surface area contributed by atoms with Crippen LogP contribution in [0.1, 0.15) is 25.5 Å². The lowest BCUT2D eigenvalue weighted by atomic mass is 10.4. The van der Waals surface area contributed by atoms with Crippen LogP contribution in [0.25, 0.3) is 0 Å². The summed E-state index contributed by atoms with van der Waals surface area (Å²) in [6.07, 6.45) is 6.42. The van der Waals surface area contributed by atoms with Crippen LogP contribution in [0.2, 0.25) is 0 Å². The molecule has 0 spiro atoms. The van der Waals surface area contributed by atoms with Gasteiger partial charge in [0.2, 0.25) is 0 Å². The second kappa shape index (κ2) is 5.25. The quantitative estimate of drug-likeness (QED) is 0.787. The van der Waals surface area contributed by atoms with Crippen molar-refractivity contribution in [1.29, 1.82) is 0 Å². The highest BCUT2D eigenvalue weighted by atomic mass is 15.2. The van der Waals surface area contributed by atoms with Crippen LogP contribution in [-0.2, 0) is 6.54 Å². The Balaban J connectivity index is 1.96. The second-order valence-electron chi connectivity index (χ2n) is 4.47. The zero-order valence-corrected chi connectivity index (χ0v) is 10.1. The highest BCUT2D eigenvalue weighted by Crippen LogP contribution is 2.30. The first kappa shape index (κ1) is 11.3. The van der Waals surface area contributed by atoms with Gasteiger partial charge in [0.05, 0.1) is 11.9 Å². The molecule has 0 amide bonds. The Hall–Kier alpha value is -1.16. The van der Waals surface area contributed by atoms with Crippen molar-refractivity contribution >= 4 is 5.82 Å². The van der Waals surface area contributed by atoms with E-state index in [0.717, 1.165) is 37.1 Å². The van der Waals surface area contributed by atoms with Crippen molar-refractivity contribution < 1.29 is 0 Å². The molecule has 1 aliphatic rings. The Morgan fingerprint density at radius 1 is 1.44 bits per heavy atom. The van der Waals surface area contributed by atoms with Crippen molar-refractivity contribution in [3.8, 4) is 0 Å². The van der Waals surface area contributed by atoms with Crippen molar-refractivity contribution in [2.24, 2.45) is 5.92 Å². The van der Waals surface area contributed by atoms with E-state index in [9.17, 15) is 0 Å². The molecule has 1 aromatic heterocycles. The Morgan fingerprint density at radius 2 is 2.25 bits per heavy atom. The van der Waals surface area contributed by atoms with Gasteiger partial charge < -0.3 is 10.2 Å². The monoisotopic (exact) mass is 220 g/mol. The van der Waals surface area contributed by atoms with Crippen LogP contribution < -0.4 is 10.2 Å². The van der Waals surface area contributed by atoms with E-state index in [1.807, 2.05) is 12.4 Å². The van der Waals surface area contributed by atoms with Crippen molar-refractivity contribution in [3.05, 3.63) is 18.1 Å². The van der Waals surface area contributed by atoms with Crippen LogP contribution in [0, 0.1) is 5.92 Å². The summed E-state index contributed by atoms with van der Waals surface area (Å²) in [6.45, 7) is 4.97. The molecular weight excluding hydrogens is 200 g/mol. The fourth-order valence-electron chi connectivity index (χ4n) is 1.70. The molecule has 1 N–H and O–H groups in total. The lowest BCUT2D eigenvalue weighted by molar-refractivity contribution is 0.701. The minimum Gasteiger partial charge on any atom is -0.358 e. The SMILES string of the molecule is CCNCc1cncc(N(C)CC2CC2)n1. The molecule has 0 saturated heterocycles. The standard InChI is InChI=1S/C12H20N4/c1-3-13-6-11-7-14-8-12(15-11)16(2)9-10-4-5-10/h7-8,10,13H,3-6,9H2,1-2H3. The van der Waals surface area contributed by atoms with Gasteiger partial charge in [-0.25, -0.2) is 4.98 Å². The van der Waals surface area contributed by atoms with E-state index in [-0.39, 0.29) is 0 Å². The van der Waals surface area contributed by atoms with Crippen molar-refractivity contribution in [2.75, 3.05) is 25.0 Å². The molecule has 4 heteroatoms. The summed E-state index contributed by atoms with van der Waals surface area (Å²) in [5.41, 5.74) is 1.02. The first-order valence-electron chi connectivity index (χ1n) is 6.02. The molecule has 1 fully saturated rings. The van der Waals surface area contributed by atoms with Gasteiger partial charge in [-0.05, 0) is 25.3 Å². The third-order valence-electron chi connectivity index (χ3n) is 2.85. The predicted octanol–water partition coefficient (Wildman–Crippen LogP) is 1.43. The Kier molecular flexibility index (Phi) is 3.72. The smallest absolute Gasteiger partial charge is 0.147 e. The number of anilines is 1. The molecular formula is C12H20N4. The van der Waals surface area contributed by atoms with Crippen LogP contribution in [0.3, 0.4) is 0 Å². The summed E-state index contributed by atoms with van der Waals surface area (Å²) in [7, 11) is 2.10. The molecule has 2 rings (SSSR count). The first-order chi connectivity index (χ1) is 7.79. The molecule has 0 unspecified atom stereocenters. The molecule has 0 radical (unpaired) electrons. The van der Waals surface area contributed by atoms with Gasteiger partial charge in [-0.1, -0.05) is 6.92 Å². The van der Waals surface area contributed by atoms with E-state index < -0.39 is 0 Å². The van der Waals surface area contributed by atoms with Crippen molar-refractivity contribution in [2.45, 2.75) is 26.3 Å². The van der Waals surface area contributed by atoms with Gasteiger partial charge in [0.25, 0.3) is 0 Å². The number of rotatable bonds is 6. The molecule has 0 aliphatic heterocycles. The van der Waals surface area contributed by atoms with Gasteiger partial charge in [0.1, 0.15) is 5.82 Å². The lowest BCUT2D eigenvalue weighted by Gasteiger charge is -2.17. The van der Waals surface area contributed by atoms with Gasteiger partial charge in [0.15, 0.2) is 0 Å². The molecule has 88 valence electrons. The van der Waals surface area contributed by atoms with Crippen LogP contribution in [0.15, 0.2) is 12.4 Å². The maximum atomic E-state index is 4.59. The Morgan fingerprint density at radius 3 is 2.94 bits per heavy atom. The Labute approximate surface area is 97.1 Å². The van der Waals surface area contributed by atoms with Crippen LogP contribution in [0.5, 0.6) is 0 Å². The van der Waals surface area contributed by atoms with E-state index in [1.165, 1.54) is 12.8 Å². The predicted molar refractivity (Wildman–Crippen MR) is 65.4 cm³/mol. The van der Waals surface area contributed by atoms with E-state index in [1.54, 1.807) is 0 Å². The second-order valence-corrected chi connectivity index (χ2v) is 4.47. The highest BCUT2D eigenvalue weighted by molar-refractivity contribution is 5.35. The normalized spacial score (nSPS) is 15.1. The molecule has 0 aromatic carbocycles. The highest BCUT2D eigenvalue weighted by Gasteiger charge is 2.23. The molecule has 1 aliphatic carbocycles. The average molecular weight is 220 g/mol. The summed E-state index contributed by atoms with van der Waals surface area (Å²) in [6, 6.07) is 0. The number of nitrogens with zero attached hydrogens (tertiary/aromatic N) is 3. The van der Waals surface area contributed by atoms with Crippen LogP contribution in [-0.4, -0.2) is 30.1 Å². The number of hydrogen-bond acceptors (Lipinski definition) is 4. The average Bonchev–Trinajstić information content (AvgIpc) is 3.10. The number of nitrogens with one attached hydrogen (secondary N) is 1. The summed E-state index contributed by atoms with van der Waals surface area (Å²) in [5, 5.41) is 3.26. The summed E-state index contributed by atoms with van der Waals surface area (Å²) in [5.74, 6) is 1.87. The van der Waals surface area contributed by atoms with E-state index in [0.29, 0.717) is 0 Å². The zero-order chi connectivity index (χ0) is 11.4. The van der Waals surface area contributed by atoms with Gasteiger partial charge >= 0.3 is 0 Å². The maximum Gasteiger partial charge on any atom is 0.147 e. The largest absolute Gasteiger partial charge is 0.358 e. The summed E-state index contributed by atoms with van der Waals surface area (Å²) < 4.78 is 0. The van der Waals surface area contributed by atoms with Gasteiger partial charge in [0, 0.05) is 26.3 Å². The molecule has 1 heterocycles. The molecule has 16 heavy (non-hydrogen) atoms. The lowest BCUT2D eigenvalue weighted by Crippen LogP contribution is -2.22. The summed E-state index contributed by atoms with van der Waals surface area (Å²) >= 11 is 0. The topological polar surface area (TPSA) is 41.1 Å². The van der Waals surface area contributed by atoms with Gasteiger partial charge in [-0.15, -0.1) is 0 Å². The molecule has 0 atom stereocenters. The van der Waals surface area contributed by atoms with Crippen molar-refractivity contribution in [3.63, 3.8) is 0 Å². The number of hydrogen-bond donors (Lipinski definition) is 1. The molecule has 0 bridgehead atoms. The van der Waals surface area contributed by atoms with Crippen LogP contribution >= 0.6 is 0 Å². The molecule has 4 nitrogen and oxygen atoms in total. The minimum absolute atomic E-state index is 0.800. The van der Waals surface area contributed by atoms with Gasteiger partial charge in [-0.3, -0.25) is 4.98 Å². The van der Waals surface area contributed by atoms with E-state index in [4.69, 9.17) is 0 Å². The fourth-order valence-corrected chi connectivity index (χ4v) is 1.70. The van der Waals surface area contributed by atoms with E-state index >= 15 is 0 Å². The minimum atomic E-state index is 0.800. The van der Waals surface area contributed by atoms with E-state index in [2.05, 4.69) is 34.2 Å². The van der Waals surface area contributed by atoms with Crippen molar-refractivity contribution in [1.82, 2.24) is 15.3 Å². The first-order valence-corrected chi connectivity index (χ1v) is 6.02. The fraction of sp³-hybridized carbons (Fsp3) is 0.667. The van der Waals surface area contributed by atoms with Gasteiger partial charge in [-0.2, -0.15) is 0 Å². The van der Waals surface area contributed by atoms with Crippen LogP contribution in [0.4, 0.5) is 5.82 Å². The Bertz CT molecular complexity index is 336. The third-order valence-corrected chi connectivity index (χ3v) is 2.85. The summed E-state index contributed by atoms with van der Waals surface area (Å²) in [4.78, 5) is 11.0. The molecule has 1 saturated carbocycles.